The zero-order valence-electron chi connectivity index (χ0n) is 17.3. The van der Waals surface area contributed by atoms with E-state index in [1.807, 2.05) is 30.3 Å². The van der Waals surface area contributed by atoms with Crippen molar-refractivity contribution in [2.45, 2.75) is 4.90 Å². The molecule has 5 aromatic rings. The van der Waals surface area contributed by atoms with Crippen molar-refractivity contribution < 1.29 is 12.8 Å². The number of benzene rings is 4. The van der Waals surface area contributed by atoms with Crippen LogP contribution in [0.3, 0.4) is 0 Å². The number of nitrogens with zero attached hydrogens (tertiary/aromatic N) is 1. The molecule has 7 heteroatoms. The van der Waals surface area contributed by atoms with E-state index in [0.29, 0.717) is 16.5 Å². The largest absolute Gasteiger partial charge is 0.403 e. The number of nitrogens with one attached hydrogen (secondary N) is 1. The van der Waals surface area contributed by atoms with E-state index in [9.17, 15) is 13.2 Å². The fourth-order valence-electron chi connectivity index (χ4n) is 3.55. The molecule has 4 aromatic carbocycles. The molecule has 6 nitrogen and oxygen atoms in total. The first kappa shape index (κ1) is 20.7. The van der Waals surface area contributed by atoms with Crippen molar-refractivity contribution in [2.75, 3.05) is 4.72 Å². The second-order valence-electron chi connectivity index (χ2n) is 7.37. The smallest absolute Gasteiger partial charge is 0.347 e. The lowest BCUT2D eigenvalue weighted by molar-refractivity contribution is 0.518. The Bertz CT molecular complexity index is 1610. The molecule has 1 heterocycles. The standard InChI is InChI=1S/C26H18N2O4S/c29-26-22-11-5-6-12-23(22)27-25(32-26)21-10-4-7-13-24(21)28-33(30,31)20-16-14-19(15-17-20)18-8-2-1-3-9-18/h1-17,28H. The summed E-state index contributed by atoms with van der Waals surface area (Å²) in [4.78, 5) is 16.9. The molecule has 0 fully saturated rings. The lowest BCUT2D eigenvalue weighted by Gasteiger charge is -2.12. The van der Waals surface area contributed by atoms with Crippen molar-refractivity contribution in [1.29, 1.82) is 0 Å². The predicted molar refractivity (Wildman–Crippen MR) is 128 cm³/mol. The molecule has 162 valence electrons. The van der Waals surface area contributed by atoms with Gasteiger partial charge in [0.15, 0.2) is 0 Å². The van der Waals surface area contributed by atoms with Crippen molar-refractivity contribution >= 4 is 26.6 Å². The van der Waals surface area contributed by atoms with Crippen molar-refractivity contribution in [3.63, 3.8) is 0 Å². The van der Waals surface area contributed by atoms with E-state index in [0.717, 1.165) is 11.1 Å². The Labute approximate surface area is 190 Å². The first-order chi connectivity index (χ1) is 16.0. The van der Waals surface area contributed by atoms with Crippen LogP contribution in [0.2, 0.25) is 0 Å². The third kappa shape index (κ3) is 4.14. The van der Waals surface area contributed by atoms with Crippen LogP contribution in [0.4, 0.5) is 5.69 Å². The van der Waals surface area contributed by atoms with Crippen molar-refractivity contribution in [3.8, 4) is 22.6 Å². The van der Waals surface area contributed by atoms with E-state index >= 15 is 0 Å². The fraction of sp³-hybridized carbons (Fsp3) is 0. The van der Waals surface area contributed by atoms with Gasteiger partial charge in [0.25, 0.3) is 10.0 Å². The van der Waals surface area contributed by atoms with E-state index in [1.165, 1.54) is 0 Å². The van der Waals surface area contributed by atoms with Gasteiger partial charge in [0, 0.05) is 0 Å². The highest BCUT2D eigenvalue weighted by molar-refractivity contribution is 7.92. The summed E-state index contributed by atoms with van der Waals surface area (Å²) in [6.45, 7) is 0. The van der Waals surface area contributed by atoms with Gasteiger partial charge in [-0.1, -0.05) is 66.7 Å². The van der Waals surface area contributed by atoms with Gasteiger partial charge in [-0.05, 0) is 47.5 Å². The van der Waals surface area contributed by atoms with Gasteiger partial charge < -0.3 is 4.42 Å². The Morgan fingerprint density at radius 1 is 0.697 bits per heavy atom. The van der Waals surface area contributed by atoms with Gasteiger partial charge in [0.05, 0.1) is 27.0 Å². The Balaban J connectivity index is 1.50. The third-order valence-electron chi connectivity index (χ3n) is 5.21. The van der Waals surface area contributed by atoms with E-state index in [2.05, 4.69) is 9.71 Å². The Hall–Kier alpha value is -4.23. The molecule has 0 atom stereocenters. The van der Waals surface area contributed by atoms with Gasteiger partial charge in [-0.3, -0.25) is 4.72 Å². The summed E-state index contributed by atoms with van der Waals surface area (Å²) >= 11 is 0. The van der Waals surface area contributed by atoms with E-state index in [1.54, 1.807) is 72.8 Å². The van der Waals surface area contributed by atoms with Gasteiger partial charge in [-0.15, -0.1) is 0 Å². The van der Waals surface area contributed by atoms with Gasteiger partial charge in [0.2, 0.25) is 5.89 Å². The minimum Gasteiger partial charge on any atom is -0.403 e. The molecule has 0 bridgehead atoms. The van der Waals surface area contributed by atoms with Gasteiger partial charge in [0.1, 0.15) is 0 Å². The number of sulfonamides is 1. The first-order valence-electron chi connectivity index (χ1n) is 10.2. The molecular weight excluding hydrogens is 436 g/mol. The van der Waals surface area contributed by atoms with Crippen LogP contribution in [0, 0.1) is 0 Å². The third-order valence-corrected chi connectivity index (χ3v) is 6.59. The van der Waals surface area contributed by atoms with Crippen LogP contribution < -0.4 is 10.3 Å². The van der Waals surface area contributed by atoms with Crippen LogP contribution in [0.15, 0.2) is 117 Å². The average molecular weight is 455 g/mol. The van der Waals surface area contributed by atoms with Crippen LogP contribution in [0.5, 0.6) is 0 Å². The van der Waals surface area contributed by atoms with Gasteiger partial charge in [-0.25, -0.2) is 18.2 Å². The summed E-state index contributed by atoms with van der Waals surface area (Å²) in [6.07, 6.45) is 0. The highest BCUT2D eigenvalue weighted by Crippen LogP contribution is 2.29. The van der Waals surface area contributed by atoms with Crippen LogP contribution in [0.25, 0.3) is 33.5 Å². The van der Waals surface area contributed by atoms with Crippen molar-refractivity contribution in [2.24, 2.45) is 0 Å². The monoisotopic (exact) mass is 454 g/mol. The second-order valence-corrected chi connectivity index (χ2v) is 9.05. The topological polar surface area (TPSA) is 89.3 Å². The SMILES string of the molecule is O=c1oc(-c2ccccc2NS(=O)(=O)c2ccc(-c3ccccc3)cc2)nc2ccccc12. The molecule has 0 saturated carbocycles. The molecule has 33 heavy (non-hydrogen) atoms. The van der Waals surface area contributed by atoms with E-state index in [-0.39, 0.29) is 16.5 Å². The minimum absolute atomic E-state index is 0.0384. The zero-order chi connectivity index (χ0) is 22.8. The number of hydrogen-bond donors (Lipinski definition) is 1. The van der Waals surface area contributed by atoms with Gasteiger partial charge >= 0.3 is 5.63 Å². The van der Waals surface area contributed by atoms with Crippen LogP contribution >= 0.6 is 0 Å². The molecule has 0 aliphatic carbocycles. The maximum Gasteiger partial charge on any atom is 0.347 e. The molecule has 0 aliphatic heterocycles. The van der Waals surface area contributed by atoms with Crippen molar-refractivity contribution in [1.82, 2.24) is 4.98 Å². The van der Waals surface area contributed by atoms with Gasteiger partial charge in [-0.2, -0.15) is 0 Å². The molecule has 5 rings (SSSR count). The predicted octanol–water partition coefficient (Wildman–Crippen LogP) is 5.32. The molecule has 1 aromatic heterocycles. The fourth-order valence-corrected chi connectivity index (χ4v) is 4.63. The maximum absolute atomic E-state index is 13.1. The summed E-state index contributed by atoms with van der Waals surface area (Å²) in [6, 6.07) is 29.8. The Morgan fingerprint density at radius 3 is 2.12 bits per heavy atom. The lowest BCUT2D eigenvalue weighted by atomic mass is 10.1. The maximum atomic E-state index is 13.1. The minimum atomic E-state index is -3.89. The van der Waals surface area contributed by atoms with E-state index < -0.39 is 15.6 Å². The molecule has 0 saturated heterocycles. The quantitative estimate of drug-likeness (QED) is 0.388. The second kappa shape index (κ2) is 8.37. The summed E-state index contributed by atoms with van der Waals surface area (Å²) in [5.41, 5.74) is 2.47. The average Bonchev–Trinajstić information content (AvgIpc) is 2.85. The lowest BCUT2D eigenvalue weighted by Crippen LogP contribution is -2.14. The van der Waals surface area contributed by atoms with Crippen LogP contribution in [-0.4, -0.2) is 13.4 Å². The number of anilines is 1. The van der Waals surface area contributed by atoms with Crippen LogP contribution in [-0.2, 0) is 10.0 Å². The molecule has 0 amide bonds. The molecular formula is C26H18N2O4S. The van der Waals surface area contributed by atoms with Crippen LogP contribution in [0.1, 0.15) is 0 Å². The molecule has 0 spiro atoms. The number of para-hydroxylation sites is 2. The summed E-state index contributed by atoms with van der Waals surface area (Å²) in [7, 11) is -3.89. The zero-order valence-corrected chi connectivity index (χ0v) is 18.1. The Morgan fingerprint density at radius 2 is 1.33 bits per heavy atom. The molecule has 1 N–H and O–H groups in total. The highest BCUT2D eigenvalue weighted by Gasteiger charge is 2.19. The summed E-state index contributed by atoms with van der Waals surface area (Å²) in [5.74, 6) is 0.0384. The molecule has 0 radical (unpaired) electrons. The Kier molecular flexibility index (Phi) is 5.24. The first-order valence-corrected chi connectivity index (χ1v) is 11.7. The molecule has 0 aliphatic rings. The normalized spacial score (nSPS) is 11.4. The summed E-state index contributed by atoms with van der Waals surface area (Å²) in [5, 5.41) is 0.359. The summed E-state index contributed by atoms with van der Waals surface area (Å²) < 4.78 is 34.2. The number of fused-ring (bicyclic) bond motifs is 1. The van der Waals surface area contributed by atoms with E-state index in [4.69, 9.17) is 4.42 Å². The number of rotatable bonds is 5. The number of hydrogen-bond acceptors (Lipinski definition) is 5. The highest BCUT2D eigenvalue weighted by atomic mass is 32.2. The number of aromatic nitrogens is 1. The van der Waals surface area contributed by atoms with Crippen molar-refractivity contribution in [3.05, 3.63) is 114 Å². The molecule has 0 unspecified atom stereocenters.